The van der Waals surface area contributed by atoms with Gasteiger partial charge in [0.25, 0.3) is 0 Å². The Morgan fingerprint density at radius 2 is 2.00 bits per heavy atom. The molecule has 0 fully saturated rings. The number of aliphatic imine (C=N–C) groups is 1. The molecule has 27 heavy (non-hydrogen) atoms. The van der Waals surface area contributed by atoms with Crippen molar-refractivity contribution in [1.29, 1.82) is 0 Å². The third-order valence-electron chi connectivity index (χ3n) is 4.39. The topological polar surface area (TPSA) is 80.3 Å². The Labute approximate surface area is 179 Å². The number of guanidine groups is 1. The van der Waals surface area contributed by atoms with Gasteiger partial charge in [0.15, 0.2) is 5.96 Å². The van der Waals surface area contributed by atoms with Crippen LogP contribution in [0.25, 0.3) is 0 Å². The molecule has 8 heteroatoms. The fraction of sp³-hybridized carbons (Fsp3) is 0.632. The van der Waals surface area contributed by atoms with Crippen LogP contribution in [-0.2, 0) is 6.54 Å². The molecule has 0 saturated heterocycles. The van der Waals surface area contributed by atoms with E-state index in [0.29, 0.717) is 6.54 Å². The minimum atomic E-state index is 0. The first-order chi connectivity index (χ1) is 12.4. The molecule has 0 saturated carbocycles. The van der Waals surface area contributed by atoms with Crippen LogP contribution in [0.5, 0.6) is 0 Å². The molecule has 0 spiro atoms. The summed E-state index contributed by atoms with van der Waals surface area (Å²) in [6.45, 7) is 15.6. The van der Waals surface area contributed by atoms with E-state index in [1.165, 1.54) is 5.69 Å². The standard InChI is InChI=1S/C19H32N6O.HI/c1-7-20-19(21-9-8-10-25-15(4)11-14(3)23-25)22-12-13(2)18-16(5)24-26-17(18)6;/h11,13H,7-10,12H2,1-6H3,(H2,20,21,22);1H. The van der Waals surface area contributed by atoms with Gasteiger partial charge in [-0.15, -0.1) is 24.0 Å². The summed E-state index contributed by atoms with van der Waals surface area (Å²) in [5.41, 5.74) is 4.39. The SMILES string of the molecule is CCNC(=NCC(C)c1c(C)noc1C)NCCCn1nc(C)cc1C.I. The maximum atomic E-state index is 5.27. The number of aromatic nitrogens is 3. The van der Waals surface area contributed by atoms with Crippen molar-refractivity contribution in [2.24, 2.45) is 4.99 Å². The molecule has 0 aliphatic heterocycles. The van der Waals surface area contributed by atoms with Crippen LogP contribution in [-0.4, -0.2) is 40.5 Å². The lowest BCUT2D eigenvalue weighted by Gasteiger charge is -2.14. The molecule has 2 N–H and O–H groups in total. The third-order valence-corrected chi connectivity index (χ3v) is 4.39. The second-order valence-electron chi connectivity index (χ2n) is 6.79. The zero-order chi connectivity index (χ0) is 19.1. The van der Waals surface area contributed by atoms with Crippen molar-refractivity contribution in [2.75, 3.05) is 19.6 Å². The van der Waals surface area contributed by atoms with Gasteiger partial charge in [0.1, 0.15) is 5.76 Å². The van der Waals surface area contributed by atoms with Crippen molar-refractivity contribution in [3.8, 4) is 0 Å². The predicted molar refractivity (Wildman–Crippen MR) is 120 cm³/mol. The van der Waals surface area contributed by atoms with Crippen LogP contribution in [0.2, 0.25) is 0 Å². The molecule has 152 valence electrons. The summed E-state index contributed by atoms with van der Waals surface area (Å²) in [5.74, 6) is 2.00. The summed E-state index contributed by atoms with van der Waals surface area (Å²) < 4.78 is 7.32. The van der Waals surface area contributed by atoms with Crippen LogP contribution in [0.1, 0.15) is 54.6 Å². The van der Waals surface area contributed by atoms with Gasteiger partial charge in [-0.25, -0.2) is 0 Å². The van der Waals surface area contributed by atoms with Crippen LogP contribution in [0.15, 0.2) is 15.6 Å². The van der Waals surface area contributed by atoms with Crippen LogP contribution in [0.4, 0.5) is 0 Å². The molecule has 0 aliphatic rings. The average molecular weight is 488 g/mol. The van der Waals surface area contributed by atoms with Crippen molar-refractivity contribution >= 4 is 29.9 Å². The van der Waals surface area contributed by atoms with Crippen molar-refractivity contribution in [3.05, 3.63) is 34.5 Å². The first kappa shape index (κ1) is 23.5. The molecule has 2 heterocycles. The Morgan fingerprint density at radius 1 is 1.26 bits per heavy atom. The lowest BCUT2D eigenvalue weighted by atomic mass is 10.00. The Balaban J connectivity index is 0.00000364. The van der Waals surface area contributed by atoms with Crippen LogP contribution in [0.3, 0.4) is 0 Å². The molecule has 2 rings (SSSR count). The number of halogens is 1. The zero-order valence-electron chi connectivity index (χ0n) is 17.3. The van der Waals surface area contributed by atoms with Gasteiger partial charge in [0.2, 0.25) is 0 Å². The molecule has 2 aromatic heterocycles. The van der Waals surface area contributed by atoms with Crippen molar-refractivity contribution in [1.82, 2.24) is 25.6 Å². The molecule has 0 amide bonds. The third kappa shape index (κ3) is 6.82. The number of aryl methyl sites for hydroxylation is 5. The lowest BCUT2D eigenvalue weighted by molar-refractivity contribution is 0.391. The average Bonchev–Trinajstić information content (AvgIpc) is 3.09. The molecular formula is C19H33IN6O. The summed E-state index contributed by atoms with van der Waals surface area (Å²) in [6, 6.07) is 2.11. The van der Waals surface area contributed by atoms with E-state index in [0.717, 1.165) is 54.7 Å². The minimum absolute atomic E-state index is 0. The van der Waals surface area contributed by atoms with Crippen molar-refractivity contribution in [3.63, 3.8) is 0 Å². The second-order valence-corrected chi connectivity index (χ2v) is 6.79. The van der Waals surface area contributed by atoms with Gasteiger partial charge >= 0.3 is 0 Å². The molecule has 0 aromatic carbocycles. The molecule has 0 aliphatic carbocycles. The molecule has 2 aromatic rings. The monoisotopic (exact) mass is 488 g/mol. The summed E-state index contributed by atoms with van der Waals surface area (Å²) in [6.07, 6.45) is 0.992. The fourth-order valence-corrected chi connectivity index (χ4v) is 3.19. The quantitative estimate of drug-likeness (QED) is 0.258. The summed E-state index contributed by atoms with van der Waals surface area (Å²) >= 11 is 0. The zero-order valence-corrected chi connectivity index (χ0v) is 19.6. The van der Waals surface area contributed by atoms with Gasteiger partial charge in [-0.3, -0.25) is 9.67 Å². The van der Waals surface area contributed by atoms with E-state index in [1.807, 2.05) is 20.8 Å². The second kappa shape index (κ2) is 11.3. The maximum absolute atomic E-state index is 5.27. The molecule has 0 bridgehead atoms. The Morgan fingerprint density at radius 3 is 2.56 bits per heavy atom. The smallest absolute Gasteiger partial charge is 0.191 e. The van der Waals surface area contributed by atoms with E-state index in [-0.39, 0.29) is 29.9 Å². The maximum Gasteiger partial charge on any atom is 0.191 e. The van der Waals surface area contributed by atoms with Gasteiger partial charge in [-0.1, -0.05) is 12.1 Å². The van der Waals surface area contributed by atoms with Gasteiger partial charge in [0, 0.05) is 43.4 Å². The van der Waals surface area contributed by atoms with Gasteiger partial charge < -0.3 is 15.2 Å². The van der Waals surface area contributed by atoms with Crippen LogP contribution < -0.4 is 10.6 Å². The highest BCUT2D eigenvalue weighted by molar-refractivity contribution is 14.0. The molecule has 1 unspecified atom stereocenters. The largest absolute Gasteiger partial charge is 0.361 e. The molecule has 7 nitrogen and oxygen atoms in total. The van der Waals surface area contributed by atoms with E-state index in [4.69, 9.17) is 9.52 Å². The van der Waals surface area contributed by atoms with E-state index in [2.05, 4.69) is 52.4 Å². The number of rotatable bonds is 8. The number of nitrogens with one attached hydrogen (secondary N) is 2. The first-order valence-electron chi connectivity index (χ1n) is 9.38. The van der Waals surface area contributed by atoms with E-state index in [9.17, 15) is 0 Å². The minimum Gasteiger partial charge on any atom is -0.361 e. The van der Waals surface area contributed by atoms with Crippen molar-refractivity contribution in [2.45, 2.75) is 60.4 Å². The van der Waals surface area contributed by atoms with E-state index < -0.39 is 0 Å². The van der Waals surface area contributed by atoms with Gasteiger partial charge in [-0.05, 0) is 47.1 Å². The van der Waals surface area contributed by atoms with E-state index in [1.54, 1.807) is 0 Å². The number of nitrogens with zero attached hydrogens (tertiary/aromatic N) is 4. The fourth-order valence-electron chi connectivity index (χ4n) is 3.19. The molecule has 1 atom stereocenters. The summed E-state index contributed by atoms with van der Waals surface area (Å²) in [4.78, 5) is 4.72. The van der Waals surface area contributed by atoms with Crippen LogP contribution in [0, 0.1) is 27.7 Å². The Hall–Kier alpha value is -1.58. The van der Waals surface area contributed by atoms with Crippen LogP contribution >= 0.6 is 24.0 Å². The summed E-state index contributed by atoms with van der Waals surface area (Å²) in [5, 5.41) is 15.2. The molecule has 0 radical (unpaired) electrons. The molecular weight excluding hydrogens is 455 g/mol. The number of hydrogen-bond donors (Lipinski definition) is 2. The first-order valence-corrected chi connectivity index (χ1v) is 9.38. The van der Waals surface area contributed by atoms with Gasteiger partial charge in [-0.2, -0.15) is 5.10 Å². The lowest BCUT2D eigenvalue weighted by Crippen LogP contribution is -2.38. The van der Waals surface area contributed by atoms with E-state index >= 15 is 0 Å². The number of hydrogen-bond acceptors (Lipinski definition) is 4. The van der Waals surface area contributed by atoms with Gasteiger partial charge in [0.05, 0.1) is 11.4 Å². The normalized spacial score (nSPS) is 12.6. The Bertz CT molecular complexity index is 717. The predicted octanol–water partition coefficient (Wildman–Crippen LogP) is 3.47. The highest BCUT2D eigenvalue weighted by atomic mass is 127. The van der Waals surface area contributed by atoms with Crippen molar-refractivity contribution < 1.29 is 4.52 Å². The summed E-state index contributed by atoms with van der Waals surface area (Å²) in [7, 11) is 0. The highest BCUT2D eigenvalue weighted by Gasteiger charge is 2.16. The Kier molecular flexibility index (Phi) is 9.82. The highest BCUT2D eigenvalue weighted by Crippen LogP contribution is 2.23.